The molecule has 0 radical (unpaired) electrons. The van der Waals surface area contributed by atoms with Crippen molar-refractivity contribution in [3.8, 4) is 0 Å². The molecule has 0 bridgehead atoms. The first kappa shape index (κ1) is 16.8. The number of nitrogens with one attached hydrogen (secondary N) is 1. The smallest absolute Gasteiger partial charge is 0.220 e. The Morgan fingerprint density at radius 3 is 2.63 bits per heavy atom. The highest BCUT2D eigenvalue weighted by Crippen LogP contribution is 2.27. The molecule has 0 spiro atoms. The summed E-state index contributed by atoms with van der Waals surface area (Å²) in [4.78, 5) is 11.7. The first-order valence-corrected chi connectivity index (χ1v) is 8.56. The SMILES string of the molecule is CCCCCCCCC(=O)NCC1CCCC(Cl)C1. The Hall–Kier alpha value is -0.240. The predicted molar refractivity (Wildman–Crippen MR) is 82.6 cm³/mol. The molecule has 1 aliphatic carbocycles. The Bertz CT molecular complexity index is 245. The van der Waals surface area contributed by atoms with Crippen LogP contribution in [-0.4, -0.2) is 17.8 Å². The standard InChI is InChI=1S/C16H30ClNO/c1-2-3-4-5-6-7-11-16(19)18-13-14-9-8-10-15(17)12-14/h14-15H,2-13H2,1H3,(H,18,19). The molecule has 1 saturated carbocycles. The average Bonchev–Trinajstić information content (AvgIpc) is 2.40. The van der Waals surface area contributed by atoms with Crippen LogP contribution in [0.1, 0.15) is 77.6 Å². The number of hydrogen-bond acceptors (Lipinski definition) is 1. The zero-order chi connectivity index (χ0) is 13.9. The van der Waals surface area contributed by atoms with E-state index in [1.54, 1.807) is 0 Å². The fourth-order valence-corrected chi connectivity index (χ4v) is 3.23. The normalized spacial score (nSPS) is 23.3. The molecule has 1 aliphatic rings. The molecule has 2 atom stereocenters. The maximum Gasteiger partial charge on any atom is 0.220 e. The summed E-state index contributed by atoms with van der Waals surface area (Å²) in [6, 6.07) is 0. The van der Waals surface area contributed by atoms with Gasteiger partial charge >= 0.3 is 0 Å². The van der Waals surface area contributed by atoms with Crippen molar-refractivity contribution in [3.05, 3.63) is 0 Å². The van der Waals surface area contributed by atoms with Gasteiger partial charge in [0.05, 0.1) is 0 Å². The van der Waals surface area contributed by atoms with E-state index >= 15 is 0 Å². The van der Waals surface area contributed by atoms with Crippen molar-refractivity contribution in [3.63, 3.8) is 0 Å². The number of carbonyl (C=O) groups is 1. The summed E-state index contributed by atoms with van der Waals surface area (Å²) in [6.45, 7) is 3.06. The van der Waals surface area contributed by atoms with Gasteiger partial charge in [-0.3, -0.25) is 4.79 Å². The molecule has 0 aromatic carbocycles. The van der Waals surface area contributed by atoms with Gasteiger partial charge in [-0.25, -0.2) is 0 Å². The highest BCUT2D eigenvalue weighted by atomic mass is 35.5. The summed E-state index contributed by atoms with van der Waals surface area (Å²) in [7, 11) is 0. The van der Waals surface area contributed by atoms with E-state index in [2.05, 4.69) is 12.2 Å². The molecule has 0 heterocycles. The van der Waals surface area contributed by atoms with Crippen molar-refractivity contribution in [2.45, 2.75) is 82.9 Å². The van der Waals surface area contributed by atoms with Crippen LogP contribution in [0.4, 0.5) is 0 Å². The maximum atomic E-state index is 11.7. The van der Waals surface area contributed by atoms with Gasteiger partial charge in [-0.2, -0.15) is 0 Å². The lowest BCUT2D eigenvalue weighted by Crippen LogP contribution is -2.31. The van der Waals surface area contributed by atoms with Gasteiger partial charge < -0.3 is 5.32 Å². The van der Waals surface area contributed by atoms with E-state index in [9.17, 15) is 4.79 Å². The topological polar surface area (TPSA) is 29.1 Å². The van der Waals surface area contributed by atoms with Gasteiger partial charge in [0.1, 0.15) is 0 Å². The van der Waals surface area contributed by atoms with Gasteiger partial charge in [0, 0.05) is 18.3 Å². The van der Waals surface area contributed by atoms with E-state index in [4.69, 9.17) is 11.6 Å². The average molecular weight is 288 g/mol. The lowest BCUT2D eigenvalue weighted by atomic mass is 9.89. The second kappa shape index (κ2) is 10.5. The molecule has 0 saturated heterocycles. The minimum absolute atomic E-state index is 0.229. The Morgan fingerprint density at radius 1 is 1.16 bits per heavy atom. The van der Waals surface area contributed by atoms with Crippen molar-refractivity contribution in [2.24, 2.45) is 5.92 Å². The van der Waals surface area contributed by atoms with Crippen LogP contribution in [0, 0.1) is 5.92 Å². The summed E-state index contributed by atoms with van der Waals surface area (Å²) in [5.41, 5.74) is 0. The molecule has 0 aliphatic heterocycles. The van der Waals surface area contributed by atoms with Crippen LogP contribution in [0.2, 0.25) is 0 Å². The Kier molecular flexibility index (Phi) is 9.32. The van der Waals surface area contributed by atoms with Crippen LogP contribution in [0.3, 0.4) is 0 Å². The van der Waals surface area contributed by atoms with Gasteiger partial charge in [0.15, 0.2) is 0 Å². The highest BCUT2D eigenvalue weighted by Gasteiger charge is 2.20. The van der Waals surface area contributed by atoms with Crippen LogP contribution in [-0.2, 0) is 4.79 Å². The number of hydrogen-bond donors (Lipinski definition) is 1. The summed E-state index contributed by atoms with van der Waals surface area (Å²) < 4.78 is 0. The van der Waals surface area contributed by atoms with Crippen LogP contribution < -0.4 is 5.32 Å². The van der Waals surface area contributed by atoms with Gasteiger partial charge in [-0.05, 0) is 31.6 Å². The number of halogens is 1. The third-order valence-electron chi connectivity index (χ3n) is 4.06. The molecule has 0 aromatic heterocycles. The Labute approximate surface area is 123 Å². The number of alkyl halides is 1. The summed E-state index contributed by atoms with van der Waals surface area (Å²) >= 11 is 6.16. The van der Waals surface area contributed by atoms with Gasteiger partial charge in [0.2, 0.25) is 5.91 Å². The molecule has 112 valence electrons. The van der Waals surface area contributed by atoms with Crippen LogP contribution in [0.25, 0.3) is 0 Å². The van der Waals surface area contributed by atoms with E-state index in [0.29, 0.717) is 17.7 Å². The number of carbonyl (C=O) groups excluding carboxylic acids is 1. The van der Waals surface area contributed by atoms with E-state index in [-0.39, 0.29) is 5.91 Å². The second-order valence-electron chi connectivity index (χ2n) is 5.95. The largest absolute Gasteiger partial charge is 0.356 e. The molecular weight excluding hydrogens is 258 g/mol. The molecule has 1 amide bonds. The van der Waals surface area contributed by atoms with Crippen molar-refractivity contribution in [1.29, 1.82) is 0 Å². The quantitative estimate of drug-likeness (QED) is 0.485. The van der Waals surface area contributed by atoms with Crippen molar-refractivity contribution < 1.29 is 4.79 Å². The van der Waals surface area contributed by atoms with Crippen LogP contribution in [0.5, 0.6) is 0 Å². The molecule has 2 nitrogen and oxygen atoms in total. The van der Waals surface area contributed by atoms with Crippen molar-refractivity contribution >= 4 is 17.5 Å². The summed E-state index contributed by atoms with van der Waals surface area (Å²) in [5.74, 6) is 0.831. The van der Waals surface area contributed by atoms with E-state index in [0.717, 1.165) is 25.8 Å². The fraction of sp³-hybridized carbons (Fsp3) is 0.938. The summed E-state index contributed by atoms with van der Waals surface area (Å²) in [5, 5.41) is 3.41. The third-order valence-corrected chi connectivity index (χ3v) is 4.46. The predicted octanol–water partition coefficient (Wildman–Crippen LogP) is 4.65. The second-order valence-corrected chi connectivity index (χ2v) is 6.57. The first-order chi connectivity index (χ1) is 9.22. The van der Waals surface area contributed by atoms with E-state index in [1.807, 2.05) is 0 Å². The zero-order valence-corrected chi connectivity index (χ0v) is 13.2. The van der Waals surface area contributed by atoms with Crippen LogP contribution >= 0.6 is 11.6 Å². The first-order valence-electron chi connectivity index (χ1n) is 8.13. The highest BCUT2D eigenvalue weighted by molar-refractivity contribution is 6.20. The third kappa shape index (κ3) is 8.52. The number of amides is 1. The van der Waals surface area contributed by atoms with E-state index < -0.39 is 0 Å². The Balaban J connectivity index is 1.95. The van der Waals surface area contributed by atoms with Crippen molar-refractivity contribution in [1.82, 2.24) is 5.32 Å². The number of unbranched alkanes of at least 4 members (excludes halogenated alkanes) is 5. The van der Waals surface area contributed by atoms with E-state index in [1.165, 1.54) is 44.9 Å². The fourth-order valence-electron chi connectivity index (χ4n) is 2.82. The van der Waals surface area contributed by atoms with Gasteiger partial charge in [-0.1, -0.05) is 45.4 Å². The minimum atomic E-state index is 0.229. The molecule has 1 fully saturated rings. The molecule has 0 aromatic rings. The lowest BCUT2D eigenvalue weighted by molar-refractivity contribution is -0.121. The lowest BCUT2D eigenvalue weighted by Gasteiger charge is -2.25. The molecule has 3 heteroatoms. The number of rotatable bonds is 9. The van der Waals surface area contributed by atoms with Crippen molar-refractivity contribution in [2.75, 3.05) is 6.54 Å². The molecule has 1 rings (SSSR count). The Morgan fingerprint density at radius 2 is 1.89 bits per heavy atom. The molecule has 1 N–H and O–H groups in total. The molecule has 2 unspecified atom stereocenters. The van der Waals surface area contributed by atoms with Gasteiger partial charge in [0.25, 0.3) is 0 Å². The van der Waals surface area contributed by atoms with Gasteiger partial charge in [-0.15, -0.1) is 11.6 Å². The molecular formula is C16H30ClNO. The summed E-state index contributed by atoms with van der Waals surface area (Å²) in [6.07, 6.45) is 12.8. The zero-order valence-electron chi connectivity index (χ0n) is 12.4. The van der Waals surface area contributed by atoms with Crippen LogP contribution in [0.15, 0.2) is 0 Å². The monoisotopic (exact) mass is 287 g/mol. The minimum Gasteiger partial charge on any atom is -0.356 e. The molecule has 19 heavy (non-hydrogen) atoms. The maximum absolute atomic E-state index is 11.7.